The fourth-order valence-corrected chi connectivity index (χ4v) is 4.41. The minimum atomic E-state index is 0.559. The molecule has 0 radical (unpaired) electrons. The minimum Gasteiger partial charge on any atom is -0.369 e. The molecule has 23 heavy (non-hydrogen) atoms. The van der Waals surface area contributed by atoms with Crippen LogP contribution >= 0.6 is 11.3 Å². The summed E-state index contributed by atoms with van der Waals surface area (Å²) in [5.41, 5.74) is 1.42. The fourth-order valence-electron chi connectivity index (χ4n) is 3.07. The monoisotopic (exact) mass is 331 g/mol. The molecule has 7 nitrogen and oxygen atoms in total. The van der Waals surface area contributed by atoms with E-state index in [-0.39, 0.29) is 0 Å². The number of nitrogens with one attached hydrogen (secondary N) is 1. The average molecular weight is 331 g/mol. The van der Waals surface area contributed by atoms with Crippen LogP contribution < -0.4 is 5.32 Å². The average Bonchev–Trinajstić information content (AvgIpc) is 3.15. The first-order chi connectivity index (χ1) is 11.2. The van der Waals surface area contributed by atoms with Crippen LogP contribution in [0.3, 0.4) is 0 Å². The Balaban J connectivity index is 1.90. The van der Waals surface area contributed by atoms with Crippen LogP contribution in [0.1, 0.15) is 31.2 Å². The molecule has 0 saturated heterocycles. The topological polar surface area (TPSA) is 71.2 Å². The summed E-state index contributed by atoms with van der Waals surface area (Å²) in [4.78, 5) is 9.67. The van der Waals surface area contributed by atoms with Crippen molar-refractivity contribution in [3.05, 3.63) is 10.4 Å². The number of anilines is 1. The molecule has 122 valence electrons. The molecule has 4 rings (SSSR count). The standard InChI is InChI=1S/C15H21N7S/c1-4-21-6-5-10-11(8-21)23-14-12(10)13(16-7-9(2)3)17-15-18-19-20-22(14)15/h9H,4-8H2,1-3H3,(H,16,17,18,20). The van der Waals surface area contributed by atoms with E-state index in [1.54, 1.807) is 15.9 Å². The van der Waals surface area contributed by atoms with Gasteiger partial charge in [-0.1, -0.05) is 25.9 Å². The highest BCUT2D eigenvalue weighted by atomic mass is 32.1. The Hall–Kier alpha value is -1.80. The SMILES string of the molecule is CCN1CCc2c(sc3c2c(NCC(C)C)nc2nnnn23)C1. The Morgan fingerprint density at radius 2 is 2.22 bits per heavy atom. The van der Waals surface area contributed by atoms with Crippen molar-refractivity contribution < 1.29 is 0 Å². The van der Waals surface area contributed by atoms with Gasteiger partial charge < -0.3 is 5.32 Å². The van der Waals surface area contributed by atoms with E-state index in [0.717, 1.165) is 43.2 Å². The molecular formula is C15H21N7S. The van der Waals surface area contributed by atoms with Gasteiger partial charge in [0.15, 0.2) is 0 Å². The first-order valence-corrected chi connectivity index (χ1v) is 8.97. The Morgan fingerprint density at radius 3 is 3.00 bits per heavy atom. The number of hydrogen-bond acceptors (Lipinski definition) is 7. The lowest BCUT2D eigenvalue weighted by Crippen LogP contribution is -2.29. The lowest BCUT2D eigenvalue weighted by molar-refractivity contribution is 0.272. The van der Waals surface area contributed by atoms with Gasteiger partial charge in [-0.2, -0.15) is 9.50 Å². The summed E-state index contributed by atoms with van der Waals surface area (Å²) >= 11 is 1.80. The molecule has 1 N–H and O–H groups in total. The van der Waals surface area contributed by atoms with Crippen molar-refractivity contribution in [1.29, 1.82) is 0 Å². The zero-order valence-corrected chi connectivity index (χ0v) is 14.5. The molecule has 1 aliphatic rings. The molecule has 0 amide bonds. The van der Waals surface area contributed by atoms with Gasteiger partial charge in [0.25, 0.3) is 5.78 Å². The molecule has 0 aromatic carbocycles. The third-order valence-electron chi connectivity index (χ3n) is 4.34. The first-order valence-electron chi connectivity index (χ1n) is 8.16. The summed E-state index contributed by atoms with van der Waals surface area (Å²) in [5.74, 6) is 2.05. The zero-order chi connectivity index (χ0) is 16.0. The smallest absolute Gasteiger partial charge is 0.276 e. The predicted molar refractivity (Wildman–Crippen MR) is 91.9 cm³/mol. The largest absolute Gasteiger partial charge is 0.369 e. The lowest BCUT2D eigenvalue weighted by atomic mass is 10.0. The predicted octanol–water partition coefficient (Wildman–Crippen LogP) is 2.18. The Kier molecular flexibility index (Phi) is 3.65. The molecular weight excluding hydrogens is 310 g/mol. The van der Waals surface area contributed by atoms with E-state index in [1.807, 2.05) is 0 Å². The molecule has 0 unspecified atom stereocenters. The van der Waals surface area contributed by atoms with Gasteiger partial charge in [0.05, 0.1) is 5.39 Å². The maximum atomic E-state index is 4.66. The molecule has 8 heteroatoms. The van der Waals surface area contributed by atoms with Crippen LogP contribution in [0, 0.1) is 5.92 Å². The number of aromatic nitrogens is 5. The van der Waals surface area contributed by atoms with E-state index in [1.165, 1.54) is 15.8 Å². The molecule has 3 aromatic heterocycles. The third-order valence-corrected chi connectivity index (χ3v) is 5.53. The summed E-state index contributed by atoms with van der Waals surface area (Å²) in [6, 6.07) is 0. The van der Waals surface area contributed by atoms with Crippen molar-refractivity contribution in [1.82, 2.24) is 29.9 Å². The highest BCUT2D eigenvalue weighted by molar-refractivity contribution is 7.19. The van der Waals surface area contributed by atoms with E-state index in [0.29, 0.717) is 11.7 Å². The Labute approximate surface area is 138 Å². The van der Waals surface area contributed by atoms with Crippen LogP contribution in [-0.4, -0.2) is 49.6 Å². The summed E-state index contributed by atoms with van der Waals surface area (Å²) < 4.78 is 1.77. The first kappa shape index (κ1) is 14.8. The van der Waals surface area contributed by atoms with Crippen molar-refractivity contribution in [2.75, 3.05) is 25.0 Å². The summed E-state index contributed by atoms with van der Waals surface area (Å²) in [5, 5.41) is 16.7. The number of thiophene rings is 1. The quantitative estimate of drug-likeness (QED) is 0.790. The molecule has 0 spiro atoms. The zero-order valence-electron chi connectivity index (χ0n) is 13.7. The van der Waals surface area contributed by atoms with E-state index in [9.17, 15) is 0 Å². The summed E-state index contributed by atoms with van der Waals surface area (Å²) in [6.07, 6.45) is 1.06. The lowest BCUT2D eigenvalue weighted by Gasteiger charge is -2.25. The molecule has 3 aromatic rings. The van der Waals surface area contributed by atoms with Gasteiger partial charge in [0.1, 0.15) is 10.6 Å². The van der Waals surface area contributed by atoms with Crippen LogP contribution in [0.25, 0.3) is 16.0 Å². The van der Waals surface area contributed by atoms with Crippen LogP contribution in [0.2, 0.25) is 0 Å². The molecule has 4 heterocycles. The van der Waals surface area contributed by atoms with Crippen LogP contribution in [0.4, 0.5) is 5.82 Å². The van der Waals surface area contributed by atoms with Gasteiger partial charge in [0.2, 0.25) is 0 Å². The number of rotatable bonds is 4. The van der Waals surface area contributed by atoms with Gasteiger partial charge in [-0.3, -0.25) is 4.90 Å². The second-order valence-electron chi connectivity index (χ2n) is 6.43. The number of nitrogens with zero attached hydrogens (tertiary/aromatic N) is 6. The van der Waals surface area contributed by atoms with Crippen molar-refractivity contribution >= 4 is 33.1 Å². The Morgan fingerprint density at radius 1 is 1.35 bits per heavy atom. The molecule has 0 fully saturated rings. The second kappa shape index (κ2) is 5.68. The van der Waals surface area contributed by atoms with Crippen molar-refractivity contribution in [2.45, 2.75) is 33.7 Å². The van der Waals surface area contributed by atoms with E-state index in [4.69, 9.17) is 0 Å². The van der Waals surface area contributed by atoms with E-state index in [2.05, 4.69) is 51.5 Å². The molecule has 0 bridgehead atoms. The highest BCUT2D eigenvalue weighted by Crippen LogP contribution is 2.38. The highest BCUT2D eigenvalue weighted by Gasteiger charge is 2.25. The number of likely N-dealkylation sites (N-methyl/N-ethyl adjacent to an activating group) is 1. The maximum Gasteiger partial charge on any atom is 0.276 e. The number of tetrazole rings is 1. The van der Waals surface area contributed by atoms with Gasteiger partial charge >= 0.3 is 0 Å². The summed E-state index contributed by atoms with van der Waals surface area (Å²) in [6.45, 7) is 10.7. The fraction of sp³-hybridized carbons (Fsp3) is 0.600. The van der Waals surface area contributed by atoms with Crippen LogP contribution in [-0.2, 0) is 13.0 Å². The number of fused-ring (bicyclic) bond motifs is 5. The molecule has 0 atom stereocenters. The van der Waals surface area contributed by atoms with Crippen LogP contribution in [0.15, 0.2) is 0 Å². The molecule has 1 aliphatic heterocycles. The van der Waals surface area contributed by atoms with Crippen molar-refractivity contribution in [2.24, 2.45) is 5.92 Å². The van der Waals surface area contributed by atoms with Gasteiger partial charge in [0, 0.05) is 24.5 Å². The second-order valence-corrected chi connectivity index (χ2v) is 7.51. The third kappa shape index (κ3) is 2.46. The Bertz CT molecular complexity index is 850. The van der Waals surface area contributed by atoms with Gasteiger partial charge in [-0.15, -0.1) is 11.3 Å². The summed E-state index contributed by atoms with van der Waals surface area (Å²) in [7, 11) is 0. The van der Waals surface area contributed by atoms with Crippen molar-refractivity contribution in [3.63, 3.8) is 0 Å². The minimum absolute atomic E-state index is 0.559. The van der Waals surface area contributed by atoms with Crippen molar-refractivity contribution in [3.8, 4) is 0 Å². The molecule has 0 aliphatic carbocycles. The van der Waals surface area contributed by atoms with Gasteiger partial charge in [-0.05, 0) is 34.9 Å². The maximum absolute atomic E-state index is 4.66. The van der Waals surface area contributed by atoms with E-state index < -0.39 is 0 Å². The molecule has 0 saturated carbocycles. The number of hydrogen-bond donors (Lipinski definition) is 1. The van der Waals surface area contributed by atoms with Gasteiger partial charge in [-0.25, -0.2) is 0 Å². The normalized spacial score (nSPS) is 15.7. The van der Waals surface area contributed by atoms with E-state index >= 15 is 0 Å². The van der Waals surface area contributed by atoms with Crippen LogP contribution in [0.5, 0.6) is 0 Å².